The fourth-order valence-electron chi connectivity index (χ4n) is 8.20. The van der Waals surface area contributed by atoms with E-state index in [9.17, 15) is 9.59 Å². The zero-order valence-electron chi connectivity index (χ0n) is 20.0. The summed E-state index contributed by atoms with van der Waals surface area (Å²) in [6.45, 7) is 11.9. The number of amides is 3. The minimum absolute atomic E-state index is 0.0360. The highest BCUT2D eigenvalue weighted by Crippen LogP contribution is 2.66. The fraction of sp³-hybridized carbons (Fsp3) is 0.920. The van der Waals surface area contributed by atoms with Gasteiger partial charge in [-0.15, -0.1) is 0 Å². The maximum atomic E-state index is 12.3. The van der Waals surface area contributed by atoms with Crippen molar-refractivity contribution in [2.24, 2.45) is 34.5 Å². The van der Waals surface area contributed by atoms with E-state index in [1.54, 1.807) is 0 Å². The van der Waals surface area contributed by atoms with Gasteiger partial charge in [-0.25, -0.2) is 4.79 Å². The number of carbonyl (C=O) groups is 2. The Kier molecular flexibility index (Phi) is 5.42. The third-order valence-electron chi connectivity index (χ3n) is 9.75. The molecule has 3 amide bonds. The molecule has 1 heterocycles. The van der Waals surface area contributed by atoms with Crippen LogP contribution in [0.25, 0.3) is 0 Å². The van der Waals surface area contributed by atoms with Crippen LogP contribution in [-0.2, 0) is 4.79 Å². The number of nitrogens with one attached hydrogen (secondary N) is 2. The fourth-order valence-corrected chi connectivity index (χ4v) is 8.20. The molecule has 4 fully saturated rings. The SMILES string of the molecule is CN1C(=O)CC[C@]2(C)[C@H]3CC[C@]4(C)[C@@H](CNC(=O)NC(C)(C)C)CC[C@H]4[C@@H]3CC[C@@H]12. The second kappa shape index (κ2) is 7.41. The summed E-state index contributed by atoms with van der Waals surface area (Å²) in [5.41, 5.74) is 0.429. The molecule has 1 saturated heterocycles. The van der Waals surface area contributed by atoms with Crippen molar-refractivity contribution in [3.63, 3.8) is 0 Å². The van der Waals surface area contributed by atoms with E-state index in [1.807, 2.05) is 27.8 Å². The Morgan fingerprint density at radius 2 is 1.73 bits per heavy atom. The minimum Gasteiger partial charge on any atom is -0.342 e. The lowest BCUT2D eigenvalue weighted by molar-refractivity contribution is -0.158. The van der Waals surface area contributed by atoms with Crippen molar-refractivity contribution in [2.45, 2.75) is 97.6 Å². The summed E-state index contributed by atoms with van der Waals surface area (Å²) >= 11 is 0. The molecular weight excluding hydrogens is 374 g/mol. The van der Waals surface area contributed by atoms with E-state index in [2.05, 4.69) is 29.4 Å². The van der Waals surface area contributed by atoms with Crippen molar-refractivity contribution in [3.8, 4) is 0 Å². The van der Waals surface area contributed by atoms with E-state index in [4.69, 9.17) is 0 Å². The van der Waals surface area contributed by atoms with Gasteiger partial charge in [-0.3, -0.25) is 4.79 Å². The smallest absolute Gasteiger partial charge is 0.315 e. The number of piperidine rings is 1. The quantitative estimate of drug-likeness (QED) is 0.692. The van der Waals surface area contributed by atoms with Crippen LogP contribution in [0.2, 0.25) is 0 Å². The lowest BCUT2D eigenvalue weighted by atomic mass is 9.47. The van der Waals surface area contributed by atoms with Crippen LogP contribution >= 0.6 is 0 Å². The number of rotatable bonds is 2. The van der Waals surface area contributed by atoms with Crippen LogP contribution in [0.1, 0.15) is 86.0 Å². The number of fused-ring (bicyclic) bond motifs is 5. The summed E-state index contributed by atoms with van der Waals surface area (Å²) < 4.78 is 0. The average Bonchev–Trinajstić information content (AvgIpc) is 2.98. The first kappa shape index (κ1) is 22.0. The van der Waals surface area contributed by atoms with Crippen molar-refractivity contribution >= 4 is 11.9 Å². The van der Waals surface area contributed by atoms with Gasteiger partial charge in [0.1, 0.15) is 0 Å². The van der Waals surface area contributed by atoms with Crippen LogP contribution in [0.3, 0.4) is 0 Å². The lowest BCUT2D eigenvalue weighted by Crippen LogP contribution is -2.61. The summed E-state index contributed by atoms with van der Waals surface area (Å²) in [6, 6.07) is 0.399. The van der Waals surface area contributed by atoms with Crippen LogP contribution in [0.4, 0.5) is 4.79 Å². The molecule has 0 aromatic carbocycles. The Balaban J connectivity index is 1.45. The number of likely N-dealkylation sites (tertiary alicyclic amines) is 1. The molecule has 0 aromatic heterocycles. The lowest BCUT2D eigenvalue weighted by Gasteiger charge is -2.61. The molecule has 2 N–H and O–H groups in total. The zero-order valence-corrected chi connectivity index (χ0v) is 20.0. The molecule has 170 valence electrons. The number of carbonyl (C=O) groups excluding carboxylic acids is 2. The predicted molar refractivity (Wildman–Crippen MR) is 120 cm³/mol. The van der Waals surface area contributed by atoms with Crippen molar-refractivity contribution < 1.29 is 9.59 Å². The van der Waals surface area contributed by atoms with Gasteiger partial charge in [0, 0.05) is 31.6 Å². The Morgan fingerprint density at radius 3 is 2.43 bits per heavy atom. The van der Waals surface area contributed by atoms with Gasteiger partial charge < -0.3 is 15.5 Å². The van der Waals surface area contributed by atoms with Crippen LogP contribution in [0.15, 0.2) is 0 Å². The second-order valence-electron chi connectivity index (χ2n) is 12.4. The molecule has 3 aliphatic carbocycles. The van der Waals surface area contributed by atoms with E-state index in [-0.39, 0.29) is 17.0 Å². The van der Waals surface area contributed by atoms with Crippen molar-refractivity contribution in [1.29, 1.82) is 0 Å². The van der Waals surface area contributed by atoms with Crippen molar-refractivity contribution in [2.75, 3.05) is 13.6 Å². The molecule has 5 heteroatoms. The van der Waals surface area contributed by atoms with Gasteiger partial charge in [0.15, 0.2) is 0 Å². The van der Waals surface area contributed by atoms with E-state index >= 15 is 0 Å². The summed E-state index contributed by atoms with van der Waals surface area (Å²) in [4.78, 5) is 26.7. The largest absolute Gasteiger partial charge is 0.342 e. The topological polar surface area (TPSA) is 61.4 Å². The first-order valence-electron chi connectivity index (χ1n) is 12.3. The number of hydrogen-bond donors (Lipinski definition) is 2. The third kappa shape index (κ3) is 3.54. The monoisotopic (exact) mass is 417 g/mol. The highest BCUT2D eigenvalue weighted by atomic mass is 16.2. The number of hydrogen-bond acceptors (Lipinski definition) is 2. The van der Waals surface area contributed by atoms with Crippen molar-refractivity contribution in [3.05, 3.63) is 0 Å². The third-order valence-corrected chi connectivity index (χ3v) is 9.75. The summed E-state index contributed by atoms with van der Waals surface area (Å²) in [6.07, 6.45) is 9.34. The maximum absolute atomic E-state index is 12.3. The Hall–Kier alpha value is -1.26. The molecule has 0 aromatic rings. The number of nitrogens with zero attached hydrogens (tertiary/aromatic N) is 1. The summed E-state index contributed by atoms with van der Waals surface area (Å²) in [5.74, 6) is 3.24. The first-order valence-corrected chi connectivity index (χ1v) is 12.3. The molecule has 0 spiro atoms. The highest BCUT2D eigenvalue weighted by molar-refractivity contribution is 5.77. The molecule has 0 radical (unpaired) electrons. The highest BCUT2D eigenvalue weighted by Gasteiger charge is 2.60. The van der Waals surface area contributed by atoms with Gasteiger partial charge in [0.25, 0.3) is 0 Å². The van der Waals surface area contributed by atoms with Crippen LogP contribution in [-0.4, -0.2) is 42.0 Å². The molecule has 0 unspecified atom stereocenters. The van der Waals surface area contributed by atoms with Gasteiger partial charge in [0.05, 0.1) is 0 Å². The molecular formula is C25H43N3O2. The maximum Gasteiger partial charge on any atom is 0.315 e. The van der Waals surface area contributed by atoms with Gasteiger partial charge in [-0.1, -0.05) is 13.8 Å². The minimum atomic E-state index is -0.202. The molecule has 5 nitrogen and oxygen atoms in total. The average molecular weight is 418 g/mol. The first-order chi connectivity index (χ1) is 14.0. The van der Waals surface area contributed by atoms with Crippen LogP contribution in [0, 0.1) is 34.5 Å². The second-order valence-corrected chi connectivity index (χ2v) is 12.4. The summed E-state index contributed by atoms with van der Waals surface area (Å²) in [7, 11) is 2.04. The molecule has 30 heavy (non-hydrogen) atoms. The van der Waals surface area contributed by atoms with E-state index in [1.165, 1.54) is 38.5 Å². The Labute approximate surface area is 183 Å². The van der Waals surface area contributed by atoms with Crippen LogP contribution in [0.5, 0.6) is 0 Å². The summed E-state index contributed by atoms with van der Waals surface area (Å²) in [5, 5.41) is 6.22. The zero-order chi connectivity index (χ0) is 21.9. The molecule has 4 rings (SSSR count). The Morgan fingerprint density at radius 1 is 1.03 bits per heavy atom. The number of urea groups is 1. The van der Waals surface area contributed by atoms with Gasteiger partial charge in [0.2, 0.25) is 5.91 Å². The van der Waals surface area contributed by atoms with Gasteiger partial charge in [-0.05, 0) is 100 Å². The normalized spacial score (nSPS) is 43.5. The molecule has 0 bridgehead atoms. The van der Waals surface area contributed by atoms with E-state index < -0.39 is 0 Å². The molecule has 7 atom stereocenters. The molecule has 4 aliphatic rings. The van der Waals surface area contributed by atoms with E-state index in [0.717, 1.165) is 37.1 Å². The predicted octanol–water partition coefficient (Wildman–Crippen LogP) is 4.56. The standard InChI is InChI=1S/C25H43N3O2/c1-23(2,3)27-22(30)26-15-16-7-9-18-17-8-10-20-25(5,14-12-21(29)28(20)6)19(17)11-13-24(16,18)4/h16-20H,7-15H2,1-6H3,(H2,26,27,30)/t16-,17+,18+,19+,20-,24-,25-/m1/s1. The van der Waals surface area contributed by atoms with Crippen molar-refractivity contribution in [1.82, 2.24) is 15.5 Å². The van der Waals surface area contributed by atoms with Gasteiger partial charge in [-0.2, -0.15) is 0 Å². The van der Waals surface area contributed by atoms with Crippen LogP contribution < -0.4 is 10.6 Å². The van der Waals surface area contributed by atoms with E-state index in [0.29, 0.717) is 23.3 Å². The molecule has 3 saturated carbocycles. The molecule has 1 aliphatic heterocycles. The Bertz CT molecular complexity index is 701. The van der Waals surface area contributed by atoms with Gasteiger partial charge >= 0.3 is 6.03 Å².